The van der Waals surface area contributed by atoms with Crippen molar-refractivity contribution in [2.45, 2.75) is 6.54 Å². The first-order valence-corrected chi connectivity index (χ1v) is 8.67. The molecule has 0 aliphatic heterocycles. The molecule has 130 valence electrons. The highest BCUT2D eigenvalue weighted by Crippen LogP contribution is 2.36. The predicted molar refractivity (Wildman–Crippen MR) is 97.9 cm³/mol. The van der Waals surface area contributed by atoms with Gasteiger partial charge in [-0.25, -0.2) is 8.93 Å². The van der Waals surface area contributed by atoms with Crippen LogP contribution in [0.15, 0.2) is 48.7 Å². The Hall–Kier alpha value is -2.48. The lowest BCUT2D eigenvalue weighted by atomic mass is 10.00. The van der Waals surface area contributed by atoms with Crippen molar-refractivity contribution in [1.82, 2.24) is 9.71 Å². The summed E-state index contributed by atoms with van der Waals surface area (Å²) < 4.78 is 32.7. The second-order valence-electron chi connectivity index (χ2n) is 5.35. The summed E-state index contributed by atoms with van der Waals surface area (Å²) in [7, 11) is 3.20. The Morgan fingerprint density at radius 1 is 1.08 bits per heavy atom. The molecule has 2 aromatic carbocycles. The molecule has 1 heterocycles. The van der Waals surface area contributed by atoms with Gasteiger partial charge >= 0.3 is 0 Å². The minimum atomic E-state index is -2.02. The minimum absolute atomic E-state index is 0.325. The fraction of sp³-hybridized carbons (Fsp3) is 0.167. The van der Waals surface area contributed by atoms with E-state index >= 15 is 0 Å². The first kappa shape index (κ1) is 17.3. The smallest absolute Gasteiger partial charge is 0.232 e. The lowest BCUT2D eigenvalue weighted by Gasteiger charge is -2.12. The van der Waals surface area contributed by atoms with E-state index in [2.05, 4.69) is 9.71 Å². The Morgan fingerprint density at radius 2 is 1.76 bits per heavy atom. The third-order valence-electron chi connectivity index (χ3n) is 3.91. The van der Waals surface area contributed by atoms with Crippen LogP contribution in [0.25, 0.3) is 22.0 Å². The van der Waals surface area contributed by atoms with Crippen LogP contribution < -0.4 is 14.2 Å². The van der Waals surface area contributed by atoms with E-state index in [1.165, 1.54) is 0 Å². The highest BCUT2D eigenvalue weighted by atomic mass is 32.2. The summed E-state index contributed by atoms with van der Waals surface area (Å²) in [5.41, 5.74) is 3.78. The molecular formula is C18H18N2O4S. The number of benzene rings is 2. The van der Waals surface area contributed by atoms with Gasteiger partial charge in [-0.05, 0) is 28.8 Å². The van der Waals surface area contributed by atoms with E-state index in [1.54, 1.807) is 20.4 Å². The van der Waals surface area contributed by atoms with E-state index in [0.29, 0.717) is 18.0 Å². The molecule has 6 nitrogen and oxygen atoms in total. The Bertz CT molecular complexity index is 913. The number of rotatable bonds is 6. The number of methoxy groups -OCH3 is 2. The van der Waals surface area contributed by atoms with Crippen molar-refractivity contribution in [3.05, 3.63) is 54.2 Å². The zero-order chi connectivity index (χ0) is 17.8. The van der Waals surface area contributed by atoms with Crippen molar-refractivity contribution in [1.29, 1.82) is 0 Å². The highest BCUT2D eigenvalue weighted by Gasteiger charge is 2.11. The summed E-state index contributed by atoms with van der Waals surface area (Å²) in [4.78, 5) is 4.41. The van der Waals surface area contributed by atoms with Crippen molar-refractivity contribution < 1.29 is 18.2 Å². The van der Waals surface area contributed by atoms with Crippen LogP contribution in [0, 0.1) is 0 Å². The molecule has 1 aromatic heterocycles. The molecule has 3 aromatic rings. The number of hydrogen-bond donors (Lipinski definition) is 2. The number of aromatic nitrogens is 1. The normalized spacial score (nSPS) is 12.1. The second-order valence-corrected chi connectivity index (χ2v) is 6.14. The van der Waals surface area contributed by atoms with Gasteiger partial charge in [0.2, 0.25) is 11.3 Å². The third-order valence-corrected chi connectivity index (χ3v) is 4.30. The molecule has 1 atom stereocenters. The number of fused-ring (bicyclic) bond motifs is 1. The van der Waals surface area contributed by atoms with Gasteiger partial charge in [0.05, 0.1) is 19.7 Å². The first-order valence-electron chi connectivity index (χ1n) is 7.57. The topological polar surface area (TPSA) is 80.7 Å². The number of nitrogens with one attached hydrogen (secondary N) is 1. The van der Waals surface area contributed by atoms with Gasteiger partial charge in [-0.15, -0.1) is 0 Å². The molecule has 0 fully saturated rings. The Kier molecular flexibility index (Phi) is 5.28. The van der Waals surface area contributed by atoms with Crippen LogP contribution in [0.1, 0.15) is 5.56 Å². The average Bonchev–Trinajstić information content (AvgIpc) is 2.65. The number of hydrogen-bond acceptors (Lipinski definition) is 4. The quantitative estimate of drug-likeness (QED) is 0.662. The van der Waals surface area contributed by atoms with Crippen molar-refractivity contribution in [3.63, 3.8) is 0 Å². The van der Waals surface area contributed by atoms with Gasteiger partial charge < -0.3 is 9.47 Å². The highest BCUT2D eigenvalue weighted by molar-refractivity contribution is 7.77. The van der Waals surface area contributed by atoms with Gasteiger partial charge in [0.15, 0.2) is 11.5 Å². The largest absolute Gasteiger partial charge is 0.493 e. The molecule has 0 bridgehead atoms. The zero-order valence-electron chi connectivity index (χ0n) is 13.9. The molecule has 3 rings (SSSR count). The van der Waals surface area contributed by atoms with Crippen molar-refractivity contribution >= 4 is 22.2 Å². The van der Waals surface area contributed by atoms with Gasteiger partial charge in [0, 0.05) is 24.2 Å². The minimum Gasteiger partial charge on any atom is -0.493 e. The van der Waals surface area contributed by atoms with E-state index in [-0.39, 0.29) is 0 Å². The first-order chi connectivity index (χ1) is 12.1. The summed E-state index contributed by atoms with van der Waals surface area (Å²) in [6.07, 6.45) is 1.76. The van der Waals surface area contributed by atoms with E-state index < -0.39 is 11.3 Å². The van der Waals surface area contributed by atoms with Crippen LogP contribution in [-0.2, 0) is 17.8 Å². The summed E-state index contributed by atoms with van der Waals surface area (Å²) in [6.45, 7) is 0.325. The molecule has 7 heteroatoms. The van der Waals surface area contributed by atoms with Gasteiger partial charge in [-0.3, -0.25) is 9.54 Å². The van der Waals surface area contributed by atoms with Crippen LogP contribution in [0.2, 0.25) is 0 Å². The number of nitrogens with zero attached hydrogens (tertiary/aromatic N) is 1. The van der Waals surface area contributed by atoms with Crippen LogP contribution >= 0.6 is 0 Å². The fourth-order valence-electron chi connectivity index (χ4n) is 2.67. The molecule has 2 N–H and O–H groups in total. The summed E-state index contributed by atoms with van der Waals surface area (Å²) >= 11 is -2.02. The summed E-state index contributed by atoms with van der Waals surface area (Å²) in [6, 6.07) is 13.5. The third kappa shape index (κ3) is 3.79. The monoisotopic (exact) mass is 358 g/mol. The molecule has 0 aliphatic rings. The SMILES string of the molecule is COc1cc2nccc(-c3ccc(CNS(=O)O)cc3)c2cc1OC. The van der Waals surface area contributed by atoms with Crippen LogP contribution in [0.3, 0.4) is 0 Å². The molecule has 0 saturated heterocycles. The Labute approximate surface area is 148 Å². The van der Waals surface area contributed by atoms with Crippen molar-refractivity contribution in [3.8, 4) is 22.6 Å². The van der Waals surface area contributed by atoms with E-state index in [1.807, 2.05) is 42.5 Å². The Balaban J connectivity index is 2.01. The number of ether oxygens (including phenoxy) is 2. The average molecular weight is 358 g/mol. The summed E-state index contributed by atoms with van der Waals surface area (Å²) in [5, 5.41) is 0.961. The fourth-order valence-corrected chi connectivity index (χ4v) is 2.96. The Morgan fingerprint density at radius 3 is 2.40 bits per heavy atom. The molecular weight excluding hydrogens is 340 g/mol. The van der Waals surface area contributed by atoms with Gasteiger partial charge in [-0.1, -0.05) is 24.3 Å². The lowest BCUT2D eigenvalue weighted by Crippen LogP contribution is -2.15. The number of pyridine rings is 1. The standard InChI is InChI=1S/C18H18N2O4S/c1-23-17-9-15-14(7-8-19-16(15)10-18(17)24-2)13-5-3-12(4-6-13)11-20-25(21)22/h3-10,20H,11H2,1-2H3,(H,21,22). The molecule has 0 radical (unpaired) electrons. The van der Waals surface area contributed by atoms with Crippen LogP contribution in [0.5, 0.6) is 11.5 Å². The molecule has 0 amide bonds. The maximum absolute atomic E-state index is 10.7. The van der Waals surface area contributed by atoms with Crippen molar-refractivity contribution in [2.75, 3.05) is 14.2 Å². The second kappa shape index (κ2) is 7.60. The van der Waals surface area contributed by atoms with E-state index in [9.17, 15) is 4.21 Å². The molecule has 0 spiro atoms. The van der Waals surface area contributed by atoms with Gasteiger partial charge in [0.1, 0.15) is 0 Å². The molecule has 0 aliphatic carbocycles. The van der Waals surface area contributed by atoms with Crippen molar-refractivity contribution in [2.24, 2.45) is 0 Å². The maximum Gasteiger partial charge on any atom is 0.232 e. The predicted octanol–water partition coefficient (Wildman–Crippen LogP) is 3.15. The lowest BCUT2D eigenvalue weighted by molar-refractivity contribution is 0.356. The van der Waals surface area contributed by atoms with E-state index in [0.717, 1.165) is 27.6 Å². The van der Waals surface area contributed by atoms with Gasteiger partial charge in [-0.2, -0.15) is 0 Å². The van der Waals surface area contributed by atoms with Crippen LogP contribution in [-0.4, -0.2) is 28.0 Å². The molecule has 1 unspecified atom stereocenters. The maximum atomic E-state index is 10.7. The van der Waals surface area contributed by atoms with E-state index in [4.69, 9.17) is 14.0 Å². The molecule has 0 saturated carbocycles. The van der Waals surface area contributed by atoms with Gasteiger partial charge in [0.25, 0.3) is 0 Å². The summed E-state index contributed by atoms with van der Waals surface area (Å²) in [5.74, 6) is 1.29. The zero-order valence-corrected chi connectivity index (χ0v) is 14.7. The van der Waals surface area contributed by atoms with Crippen LogP contribution in [0.4, 0.5) is 0 Å². The molecule has 25 heavy (non-hydrogen) atoms.